The fraction of sp³-hybridized carbons (Fsp3) is 0.286. The zero-order chi connectivity index (χ0) is 13.6. The number of nitrogens with zero attached hydrogens (tertiary/aromatic N) is 1. The third-order valence-electron chi connectivity index (χ3n) is 3.36. The zero-order valence-corrected chi connectivity index (χ0v) is 10.8. The van der Waals surface area contributed by atoms with E-state index in [1.807, 2.05) is 29.8 Å². The van der Waals surface area contributed by atoms with E-state index in [1.54, 1.807) is 0 Å². The van der Waals surface area contributed by atoms with E-state index in [4.69, 9.17) is 4.74 Å². The van der Waals surface area contributed by atoms with Gasteiger partial charge >= 0.3 is 5.97 Å². The van der Waals surface area contributed by atoms with Crippen LogP contribution in [-0.4, -0.2) is 23.6 Å². The number of methoxy groups -OCH3 is 1. The van der Waals surface area contributed by atoms with Gasteiger partial charge in [-0.1, -0.05) is 0 Å². The van der Waals surface area contributed by atoms with Crippen molar-refractivity contribution >= 4 is 28.5 Å². The van der Waals surface area contributed by atoms with E-state index >= 15 is 0 Å². The second-order valence-corrected chi connectivity index (χ2v) is 4.79. The lowest BCUT2D eigenvalue weighted by atomic mass is 10.0. The summed E-state index contributed by atoms with van der Waals surface area (Å²) in [7, 11) is 1.37. The van der Waals surface area contributed by atoms with Crippen molar-refractivity contribution < 1.29 is 14.3 Å². The highest BCUT2D eigenvalue weighted by atomic mass is 16.5. The van der Waals surface area contributed by atoms with Crippen molar-refractivity contribution in [2.75, 3.05) is 12.4 Å². The van der Waals surface area contributed by atoms with Crippen molar-refractivity contribution in [2.45, 2.75) is 19.9 Å². The van der Waals surface area contributed by atoms with E-state index < -0.39 is 0 Å². The lowest BCUT2D eigenvalue weighted by molar-refractivity contribution is -0.141. The highest BCUT2D eigenvalue weighted by Gasteiger charge is 2.22. The number of hydrogen-bond acceptors (Lipinski definition) is 3. The number of aromatic nitrogens is 1. The Morgan fingerprint density at radius 2 is 2.26 bits per heavy atom. The van der Waals surface area contributed by atoms with Crippen LogP contribution in [0.15, 0.2) is 18.3 Å². The number of anilines is 1. The van der Waals surface area contributed by atoms with Gasteiger partial charge in [0.1, 0.15) is 6.54 Å². The Labute approximate surface area is 110 Å². The summed E-state index contributed by atoms with van der Waals surface area (Å²) in [6, 6.07) is 3.97. The van der Waals surface area contributed by atoms with Crippen LogP contribution in [0.25, 0.3) is 10.9 Å². The molecule has 0 fully saturated rings. The zero-order valence-electron chi connectivity index (χ0n) is 10.8. The van der Waals surface area contributed by atoms with Crippen LogP contribution in [-0.2, 0) is 27.3 Å². The molecule has 1 aliphatic heterocycles. The Balaban J connectivity index is 2.21. The Hall–Kier alpha value is -2.30. The van der Waals surface area contributed by atoms with E-state index in [2.05, 4.69) is 5.32 Å². The third-order valence-corrected chi connectivity index (χ3v) is 3.36. The van der Waals surface area contributed by atoms with Gasteiger partial charge in [-0.25, -0.2) is 0 Å². The number of nitrogens with one attached hydrogen (secondary N) is 1. The first kappa shape index (κ1) is 11.8. The molecule has 0 atom stereocenters. The summed E-state index contributed by atoms with van der Waals surface area (Å²) in [5.41, 5.74) is 3.78. The van der Waals surface area contributed by atoms with E-state index in [-0.39, 0.29) is 18.4 Å². The molecule has 2 aromatic rings. The number of hydrogen-bond donors (Lipinski definition) is 1. The molecule has 19 heavy (non-hydrogen) atoms. The minimum absolute atomic E-state index is 0.0183. The van der Waals surface area contributed by atoms with Crippen molar-refractivity contribution in [3.63, 3.8) is 0 Å². The van der Waals surface area contributed by atoms with Crippen LogP contribution in [0.4, 0.5) is 5.69 Å². The molecule has 5 nitrogen and oxygen atoms in total. The smallest absolute Gasteiger partial charge is 0.325 e. The molecular formula is C14H14N2O3. The normalized spacial score (nSPS) is 13.5. The minimum atomic E-state index is -0.301. The van der Waals surface area contributed by atoms with Crippen molar-refractivity contribution in [3.05, 3.63) is 29.5 Å². The number of ether oxygens (including phenoxy) is 1. The predicted molar refractivity (Wildman–Crippen MR) is 71.0 cm³/mol. The van der Waals surface area contributed by atoms with Gasteiger partial charge < -0.3 is 14.6 Å². The van der Waals surface area contributed by atoms with Crippen LogP contribution in [0.1, 0.15) is 11.1 Å². The Bertz CT molecular complexity index is 700. The van der Waals surface area contributed by atoms with Crippen molar-refractivity contribution in [3.8, 4) is 0 Å². The quantitative estimate of drug-likeness (QED) is 0.833. The van der Waals surface area contributed by atoms with E-state index in [0.717, 1.165) is 27.7 Å². The maximum absolute atomic E-state index is 11.7. The first-order valence-electron chi connectivity index (χ1n) is 6.07. The van der Waals surface area contributed by atoms with Gasteiger partial charge in [-0.05, 0) is 30.2 Å². The fourth-order valence-electron chi connectivity index (χ4n) is 2.59. The van der Waals surface area contributed by atoms with Gasteiger partial charge in [0.2, 0.25) is 5.91 Å². The molecule has 1 aliphatic rings. The van der Waals surface area contributed by atoms with E-state index in [1.165, 1.54) is 7.11 Å². The molecule has 1 aromatic carbocycles. The number of carbonyl (C=O) groups excluding carboxylic acids is 2. The second-order valence-electron chi connectivity index (χ2n) is 4.79. The minimum Gasteiger partial charge on any atom is -0.468 e. The van der Waals surface area contributed by atoms with Crippen LogP contribution in [0, 0.1) is 6.92 Å². The topological polar surface area (TPSA) is 60.3 Å². The standard InChI is InChI=1S/C14H14N2O3/c1-8-3-10-14-9(5-12(17)15-10)6-16(11(14)4-8)7-13(18)19-2/h3-4,6H,5,7H2,1-2H3,(H,15,17). The summed E-state index contributed by atoms with van der Waals surface area (Å²) in [5, 5.41) is 3.90. The van der Waals surface area contributed by atoms with Crippen molar-refractivity contribution in [2.24, 2.45) is 0 Å². The molecule has 1 N–H and O–H groups in total. The fourth-order valence-corrected chi connectivity index (χ4v) is 2.59. The molecule has 0 saturated carbocycles. The summed E-state index contributed by atoms with van der Waals surface area (Å²) in [6.45, 7) is 2.12. The van der Waals surface area contributed by atoms with Crippen LogP contribution < -0.4 is 5.32 Å². The summed E-state index contributed by atoms with van der Waals surface area (Å²) < 4.78 is 6.54. The van der Waals surface area contributed by atoms with Gasteiger partial charge in [-0.2, -0.15) is 0 Å². The Morgan fingerprint density at radius 1 is 1.47 bits per heavy atom. The van der Waals surface area contributed by atoms with Crippen LogP contribution in [0.5, 0.6) is 0 Å². The lowest BCUT2D eigenvalue weighted by Gasteiger charge is -2.14. The lowest BCUT2D eigenvalue weighted by Crippen LogP contribution is -2.18. The number of rotatable bonds is 2. The first-order chi connectivity index (χ1) is 9.08. The van der Waals surface area contributed by atoms with E-state index in [9.17, 15) is 9.59 Å². The molecule has 0 radical (unpaired) electrons. The molecule has 5 heteroatoms. The number of benzene rings is 1. The summed E-state index contributed by atoms with van der Waals surface area (Å²) >= 11 is 0. The highest BCUT2D eigenvalue weighted by Crippen LogP contribution is 2.33. The molecule has 3 rings (SSSR count). The predicted octanol–water partition coefficient (Wildman–Crippen LogP) is 1.62. The number of carbonyl (C=O) groups is 2. The Kier molecular flexibility index (Phi) is 2.55. The molecule has 0 aliphatic carbocycles. The van der Waals surface area contributed by atoms with E-state index in [0.29, 0.717) is 6.42 Å². The van der Waals surface area contributed by atoms with Gasteiger partial charge in [0, 0.05) is 11.6 Å². The van der Waals surface area contributed by atoms with Gasteiger partial charge in [0.15, 0.2) is 0 Å². The molecular weight excluding hydrogens is 244 g/mol. The first-order valence-corrected chi connectivity index (χ1v) is 6.07. The molecule has 2 heterocycles. The highest BCUT2D eigenvalue weighted by molar-refractivity contribution is 6.09. The average molecular weight is 258 g/mol. The van der Waals surface area contributed by atoms with Crippen molar-refractivity contribution in [1.29, 1.82) is 0 Å². The molecule has 1 amide bonds. The summed E-state index contributed by atoms with van der Waals surface area (Å²) in [4.78, 5) is 23.1. The van der Waals surface area contributed by atoms with Crippen LogP contribution in [0.2, 0.25) is 0 Å². The van der Waals surface area contributed by atoms with Gasteiger partial charge in [-0.15, -0.1) is 0 Å². The molecule has 0 spiro atoms. The number of aryl methyl sites for hydroxylation is 1. The largest absolute Gasteiger partial charge is 0.468 e. The van der Waals surface area contributed by atoms with Crippen molar-refractivity contribution in [1.82, 2.24) is 4.57 Å². The third kappa shape index (κ3) is 1.87. The molecule has 1 aromatic heterocycles. The number of amides is 1. The molecule has 0 saturated heterocycles. The molecule has 0 unspecified atom stereocenters. The van der Waals surface area contributed by atoms with Gasteiger partial charge in [-0.3, -0.25) is 9.59 Å². The van der Waals surface area contributed by atoms with Gasteiger partial charge in [0.25, 0.3) is 0 Å². The second kappa shape index (κ2) is 4.12. The summed E-state index contributed by atoms with van der Waals surface area (Å²) in [6.07, 6.45) is 2.21. The molecule has 0 bridgehead atoms. The SMILES string of the molecule is COC(=O)Cn1cc2c3c(cc(C)cc31)NC(=O)C2. The average Bonchev–Trinajstić information content (AvgIpc) is 2.67. The maximum Gasteiger partial charge on any atom is 0.325 e. The monoisotopic (exact) mass is 258 g/mol. The maximum atomic E-state index is 11.7. The molecule has 98 valence electrons. The van der Waals surface area contributed by atoms with Crippen LogP contribution >= 0.6 is 0 Å². The van der Waals surface area contributed by atoms with Gasteiger partial charge in [0.05, 0.1) is 24.7 Å². The summed E-state index contributed by atoms with van der Waals surface area (Å²) in [5.74, 6) is -0.319. The number of esters is 1. The van der Waals surface area contributed by atoms with Crippen LogP contribution in [0.3, 0.4) is 0 Å². The Morgan fingerprint density at radius 3 is 3.00 bits per heavy atom.